The number of carbonyl (C=O) groups excluding carboxylic acids is 1. The highest BCUT2D eigenvalue weighted by Gasteiger charge is 1.98. The van der Waals surface area contributed by atoms with Crippen LogP contribution < -0.4 is 5.73 Å². The number of rotatable bonds is 3. The first-order chi connectivity index (χ1) is 5.18. The average molecular weight is 153 g/mol. The molecule has 11 heavy (non-hydrogen) atoms. The summed E-state index contributed by atoms with van der Waals surface area (Å²) in [5.41, 5.74) is 6.03. The molecule has 0 saturated carbocycles. The summed E-state index contributed by atoms with van der Waals surface area (Å²) in [6.45, 7) is 0. The second-order valence-corrected chi connectivity index (χ2v) is 2.49. The molecule has 0 aliphatic rings. The molecule has 0 aliphatic heterocycles. The van der Waals surface area contributed by atoms with Crippen LogP contribution in [0.3, 0.4) is 0 Å². The normalized spacial score (nSPS) is 9.91. The SMILES string of the molecule is Cn1cc(CCC(N)=O)cn1. The number of carbonyl (C=O) groups is 1. The predicted octanol–water partition coefficient (Wildman–Crippen LogP) is -0.162. The lowest BCUT2D eigenvalue weighted by molar-refractivity contribution is -0.117. The fraction of sp³-hybridized carbons (Fsp3) is 0.429. The molecule has 1 heterocycles. The number of hydrogen-bond acceptors (Lipinski definition) is 2. The predicted molar refractivity (Wildman–Crippen MR) is 40.7 cm³/mol. The Bertz CT molecular complexity index is 254. The highest BCUT2D eigenvalue weighted by atomic mass is 16.1. The van der Waals surface area contributed by atoms with Crippen molar-refractivity contribution in [2.24, 2.45) is 12.8 Å². The maximum absolute atomic E-state index is 10.4. The molecule has 0 bridgehead atoms. The number of amides is 1. The van der Waals surface area contributed by atoms with Gasteiger partial charge in [0.1, 0.15) is 0 Å². The van der Waals surface area contributed by atoms with Gasteiger partial charge in [0.05, 0.1) is 6.20 Å². The number of nitrogens with two attached hydrogens (primary N) is 1. The van der Waals surface area contributed by atoms with Crippen LogP contribution in [-0.4, -0.2) is 15.7 Å². The van der Waals surface area contributed by atoms with E-state index in [1.165, 1.54) is 0 Å². The van der Waals surface area contributed by atoms with E-state index < -0.39 is 0 Å². The molecule has 0 fully saturated rings. The third-order valence-corrected chi connectivity index (χ3v) is 1.42. The topological polar surface area (TPSA) is 60.9 Å². The molecule has 60 valence electrons. The zero-order valence-electron chi connectivity index (χ0n) is 6.45. The van der Waals surface area contributed by atoms with Gasteiger partial charge in [-0.3, -0.25) is 9.48 Å². The average Bonchev–Trinajstić information content (AvgIpc) is 2.31. The van der Waals surface area contributed by atoms with Gasteiger partial charge in [-0.15, -0.1) is 0 Å². The molecule has 0 aromatic carbocycles. The van der Waals surface area contributed by atoms with Crippen molar-refractivity contribution in [3.8, 4) is 0 Å². The molecule has 2 N–H and O–H groups in total. The molecule has 0 atom stereocenters. The Balaban J connectivity index is 2.45. The first kappa shape index (κ1) is 7.78. The third kappa shape index (κ3) is 2.41. The number of aryl methyl sites for hydroxylation is 2. The fourth-order valence-electron chi connectivity index (χ4n) is 0.869. The molecule has 4 heteroatoms. The molecule has 0 spiro atoms. The molecule has 1 rings (SSSR count). The van der Waals surface area contributed by atoms with Crippen LogP contribution in [0.4, 0.5) is 0 Å². The number of hydrogen-bond donors (Lipinski definition) is 1. The second-order valence-electron chi connectivity index (χ2n) is 2.49. The van der Waals surface area contributed by atoms with Crippen LogP contribution >= 0.6 is 0 Å². The zero-order valence-corrected chi connectivity index (χ0v) is 6.45. The van der Waals surface area contributed by atoms with Crippen LogP contribution in [-0.2, 0) is 18.3 Å². The Morgan fingerprint density at radius 2 is 2.55 bits per heavy atom. The van der Waals surface area contributed by atoms with E-state index in [2.05, 4.69) is 5.10 Å². The minimum Gasteiger partial charge on any atom is -0.370 e. The van der Waals surface area contributed by atoms with Crippen LogP contribution in [0.2, 0.25) is 0 Å². The molecule has 1 amide bonds. The largest absolute Gasteiger partial charge is 0.370 e. The Morgan fingerprint density at radius 1 is 1.82 bits per heavy atom. The molecule has 0 unspecified atom stereocenters. The van der Waals surface area contributed by atoms with Crippen LogP contribution in [0.5, 0.6) is 0 Å². The van der Waals surface area contributed by atoms with Gasteiger partial charge in [-0.1, -0.05) is 0 Å². The molecule has 1 aromatic rings. The summed E-state index contributed by atoms with van der Waals surface area (Å²) in [6.07, 6.45) is 4.70. The summed E-state index contributed by atoms with van der Waals surface area (Å²) < 4.78 is 1.70. The first-order valence-electron chi connectivity index (χ1n) is 3.44. The summed E-state index contributed by atoms with van der Waals surface area (Å²) >= 11 is 0. The molecule has 1 aromatic heterocycles. The molecular formula is C7H11N3O. The van der Waals surface area contributed by atoms with Crippen molar-refractivity contribution < 1.29 is 4.79 Å². The summed E-state index contributed by atoms with van der Waals surface area (Å²) in [5.74, 6) is -0.270. The number of primary amides is 1. The van der Waals surface area contributed by atoms with Gasteiger partial charge in [-0.2, -0.15) is 5.10 Å². The lowest BCUT2D eigenvalue weighted by atomic mass is 10.2. The molecule has 0 radical (unpaired) electrons. The summed E-state index contributed by atoms with van der Waals surface area (Å²) in [6, 6.07) is 0. The van der Waals surface area contributed by atoms with Gasteiger partial charge in [-0.25, -0.2) is 0 Å². The maximum Gasteiger partial charge on any atom is 0.217 e. The summed E-state index contributed by atoms with van der Waals surface area (Å²) in [7, 11) is 1.84. The van der Waals surface area contributed by atoms with Gasteiger partial charge in [-0.05, 0) is 12.0 Å². The van der Waals surface area contributed by atoms with Crippen molar-refractivity contribution in [2.45, 2.75) is 12.8 Å². The van der Waals surface area contributed by atoms with E-state index in [0.717, 1.165) is 5.56 Å². The highest BCUT2D eigenvalue weighted by molar-refractivity contribution is 5.73. The van der Waals surface area contributed by atoms with E-state index in [0.29, 0.717) is 12.8 Å². The minimum atomic E-state index is -0.270. The van der Waals surface area contributed by atoms with Crippen LogP contribution in [0.1, 0.15) is 12.0 Å². The first-order valence-corrected chi connectivity index (χ1v) is 3.44. The monoisotopic (exact) mass is 153 g/mol. The third-order valence-electron chi connectivity index (χ3n) is 1.42. The molecule has 0 saturated heterocycles. The quantitative estimate of drug-likeness (QED) is 0.655. The number of aromatic nitrogens is 2. The lowest BCUT2D eigenvalue weighted by Gasteiger charge is -1.90. The Morgan fingerprint density at radius 3 is 3.00 bits per heavy atom. The van der Waals surface area contributed by atoms with Crippen LogP contribution in [0, 0.1) is 0 Å². The van der Waals surface area contributed by atoms with Crippen molar-refractivity contribution >= 4 is 5.91 Å². The van der Waals surface area contributed by atoms with E-state index in [-0.39, 0.29) is 5.91 Å². The molecule has 0 aliphatic carbocycles. The van der Waals surface area contributed by atoms with Gasteiger partial charge >= 0.3 is 0 Å². The zero-order chi connectivity index (χ0) is 8.27. The maximum atomic E-state index is 10.4. The van der Waals surface area contributed by atoms with E-state index in [9.17, 15) is 4.79 Å². The molecule has 4 nitrogen and oxygen atoms in total. The minimum absolute atomic E-state index is 0.270. The second kappa shape index (κ2) is 3.18. The van der Waals surface area contributed by atoms with Crippen LogP contribution in [0.25, 0.3) is 0 Å². The Kier molecular flexibility index (Phi) is 2.25. The van der Waals surface area contributed by atoms with Crippen LogP contribution in [0.15, 0.2) is 12.4 Å². The summed E-state index contributed by atoms with van der Waals surface area (Å²) in [5, 5.41) is 3.96. The van der Waals surface area contributed by atoms with Crippen molar-refractivity contribution in [1.82, 2.24) is 9.78 Å². The molecular weight excluding hydrogens is 142 g/mol. The van der Waals surface area contributed by atoms with Gasteiger partial charge in [0.25, 0.3) is 0 Å². The standard InChI is InChI=1S/C7H11N3O/c1-10-5-6(4-9-10)2-3-7(8)11/h4-5H,2-3H2,1H3,(H2,8,11). The van der Waals surface area contributed by atoms with Gasteiger partial charge < -0.3 is 5.73 Å². The van der Waals surface area contributed by atoms with E-state index in [1.54, 1.807) is 10.9 Å². The van der Waals surface area contributed by atoms with Crippen molar-refractivity contribution in [1.29, 1.82) is 0 Å². The fourth-order valence-corrected chi connectivity index (χ4v) is 0.869. The van der Waals surface area contributed by atoms with Crippen molar-refractivity contribution in [3.63, 3.8) is 0 Å². The van der Waals surface area contributed by atoms with Gasteiger partial charge in [0.2, 0.25) is 5.91 Å². The lowest BCUT2D eigenvalue weighted by Crippen LogP contribution is -2.10. The van der Waals surface area contributed by atoms with E-state index in [1.807, 2.05) is 13.2 Å². The van der Waals surface area contributed by atoms with Gasteiger partial charge in [0, 0.05) is 19.7 Å². The summed E-state index contributed by atoms with van der Waals surface area (Å²) in [4.78, 5) is 10.4. The Labute approximate surface area is 65.0 Å². The number of nitrogens with zero attached hydrogens (tertiary/aromatic N) is 2. The van der Waals surface area contributed by atoms with E-state index in [4.69, 9.17) is 5.73 Å². The van der Waals surface area contributed by atoms with E-state index >= 15 is 0 Å². The van der Waals surface area contributed by atoms with Gasteiger partial charge in [0.15, 0.2) is 0 Å². The van der Waals surface area contributed by atoms with Crippen molar-refractivity contribution in [3.05, 3.63) is 18.0 Å². The smallest absolute Gasteiger partial charge is 0.217 e. The Hall–Kier alpha value is -1.32. The highest BCUT2D eigenvalue weighted by Crippen LogP contribution is 1.99. The van der Waals surface area contributed by atoms with Crippen molar-refractivity contribution in [2.75, 3.05) is 0 Å².